The molecule has 0 fully saturated rings. The molecule has 88 valence electrons. The highest BCUT2D eigenvalue weighted by Crippen LogP contribution is 2.39. The van der Waals surface area contributed by atoms with Gasteiger partial charge in [-0.15, -0.1) is 0 Å². The number of hydrogen-bond donors (Lipinski definition) is 4. The van der Waals surface area contributed by atoms with Gasteiger partial charge in [0, 0.05) is 6.54 Å². The van der Waals surface area contributed by atoms with Gasteiger partial charge in [-0.25, -0.2) is 4.79 Å². The van der Waals surface area contributed by atoms with Crippen molar-refractivity contribution in [2.45, 2.75) is 6.42 Å². The minimum absolute atomic E-state index is 0.0102. The number of carboxylic acid groups (broad SMARTS) is 2. The Bertz CT molecular complexity index is 279. The van der Waals surface area contributed by atoms with E-state index in [1.165, 1.54) is 0 Å². The Morgan fingerprint density at radius 1 is 1.27 bits per heavy atom. The third kappa shape index (κ3) is 9.36. The number of carboxylic acids is 2. The number of rotatable bonds is 8. The van der Waals surface area contributed by atoms with E-state index >= 15 is 0 Å². The normalized spacial score (nSPS) is 14.5. The molecule has 0 aliphatic carbocycles. The molecule has 9 heteroatoms. The van der Waals surface area contributed by atoms with Gasteiger partial charge < -0.3 is 20.4 Å². The van der Waals surface area contributed by atoms with Crippen LogP contribution in [-0.4, -0.2) is 46.5 Å². The van der Waals surface area contributed by atoms with Gasteiger partial charge in [0.2, 0.25) is 0 Å². The molecule has 0 spiro atoms. The third-order valence-corrected chi connectivity index (χ3v) is 2.37. The van der Waals surface area contributed by atoms with Crippen LogP contribution in [0, 0.1) is 0 Å². The van der Waals surface area contributed by atoms with Crippen molar-refractivity contribution in [3.8, 4) is 0 Å². The molecule has 0 heterocycles. The fourth-order valence-electron chi connectivity index (χ4n) is 0.617. The number of carbonyl (C=O) groups is 2. The van der Waals surface area contributed by atoms with Crippen LogP contribution >= 0.6 is 7.60 Å². The number of hydrogen-bond acceptors (Lipinski definition) is 5. The molecule has 0 rings (SSSR count). The quantitative estimate of drug-likeness (QED) is 0.323. The van der Waals surface area contributed by atoms with Crippen LogP contribution in [0.5, 0.6) is 0 Å². The van der Waals surface area contributed by atoms with Crippen LogP contribution in [-0.2, 0) is 18.7 Å². The summed E-state index contributed by atoms with van der Waals surface area (Å²) in [6.45, 7) is -0.856. The first kappa shape index (κ1) is 14.1. The molecule has 0 aromatic carbocycles. The van der Waals surface area contributed by atoms with Crippen LogP contribution in [0.2, 0.25) is 0 Å². The van der Waals surface area contributed by atoms with Crippen molar-refractivity contribution in [2.24, 2.45) is 0 Å². The van der Waals surface area contributed by atoms with Crippen LogP contribution < -0.4 is 5.32 Å². The van der Waals surface area contributed by atoms with Gasteiger partial charge in [-0.2, -0.15) is 0 Å². The van der Waals surface area contributed by atoms with Crippen molar-refractivity contribution in [1.29, 1.82) is 0 Å². The number of aliphatic carboxylic acids is 2. The van der Waals surface area contributed by atoms with Crippen molar-refractivity contribution in [3.05, 3.63) is 0 Å². The summed E-state index contributed by atoms with van der Waals surface area (Å²) in [6.07, 6.45) is -0.674. The van der Waals surface area contributed by atoms with E-state index < -0.39 is 32.4 Å². The Labute approximate surface area is 85.4 Å². The summed E-state index contributed by atoms with van der Waals surface area (Å²) < 4.78 is 15.2. The van der Waals surface area contributed by atoms with Crippen molar-refractivity contribution in [3.63, 3.8) is 0 Å². The zero-order valence-electron chi connectivity index (χ0n) is 7.75. The SMILES string of the molecule is O=C(O)CCNCP(=O)(O)OCC(=O)O. The first-order valence-electron chi connectivity index (χ1n) is 3.94. The van der Waals surface area contributed by atoms with Crippen molar-refractivity contribution >= 4 is 19.5 Å². The molecule has 8 nitrogen and oxygen atoms in total. The summed E-state index contributed by atoms with van der Waals surface area (Å²) in [5, 5.41) is 18.8. The minimum Gasteiger partial charge on any atom is -0.481 e. The van der Waals surface area contributed by atoms with Gasteiger partial charge in [0.15, 0.2) is 6.61 Å². The van der Waals surface area contributed by atoms with Crippen LogP contribution in [0.25, 0.3) is 0 Å². The Morgan fingerprint density at radius 3 is 2.33 bits per heavy atom. The van der Waals surface area contributed by atoms with Crippen molar-refractivity contribution in [1.82, 2.24) is 5.32 Å². The average Bonchev–Trinajstić information content (AvgIpc) is 2.09. The standard InChI is InChI=1S/C6H12NO7P/c8-5(9)1-2-7-4-15(12,13)14-3-6(10)11/h7H,1-4H2,(H,8,9)(H,10,11)(H,12,13). The third-order valence-electron chi connectivity index (χ3n) is 1.22. The Hall–Kier alpha value is -0.950. The van der Waals surface area contributed by atoms with E-state index in [0.29, 0.717) is 0 Å². The summed E-state index contributed by atoms with van der Waals surface area (Å²) >= 11 is 0. The van der Waals surface area contributed by atoms with E-state index in [-0.39, 0.29) is 13.0 Å². The highest BCUT2D eigenvalue weighted by Gasteiger charge is 2.20. The van der Waals surface area contributed by atoms with Gasteiger partial charge in [-0.05, 0) is 0 Å². The summed E-state index contributed by atoms with van der Waals surface area (Å²) in [7, 11) is -3.99. The van der Waals surface area contributed by atoms with Gasteiger partial charge in [-0.1, -0.05) is 0 Å². The topological polar surface area (TPSA) is 133 Å². The van der Waals surface area contributed by atoms with E-state index in [1.807, 2.05) is 0 Å². The van der Waals surface area contributed by atoms with Gasteiger partial charge in [0.05, 0.1) is 12.7 Å². The van der Waals surface area contributed by atoms with Crippen molar-refractivity contribution in [2.75, 3.05) is 19.4 Å². The summed E-state index contributed by atoms with van der Waals surface area (Å²) in [5.74, 6) is -2.39. The van der Waals surface area contributed by atoms with Gasteiger partial charge in [-0.3, -0.25) is 13.9 Å². The second-order valence-corrected chi connectivity index (χ2v) is 4.46. The molecule has 0 amide bonds. The van der Waals surface area contributed by atoms with Gasteiger partial charge in [0.25, 0.3) is 0 Å². The lowest BCUT2D eigenvalue weighted by molar-refractivity contribution is -0.139. The second kappa shape index (κ2) is 6.52. The Balaban J connectivity index is 3.69. The lowest BCUT2D eigenvalue weighted by Crippen LogP contribution is -2.21. The van der Waals surface area contributed by atoms with Crippen LogP contribution in [0.3, 0.4) is 0 Å². The number of nitrogens with one attached hydrogen (secondary N) is 1. The molecular weight excluding hydrogens is 229 g/mol. The van der Waals surface area contributed by atoms with E-state index in [1.54, 1.807) is 0 Å². The maximum absolute atomic E-state index is 11.0. The largest absolute Gasteiger partial charge is 0.481 e. The lowest BCUT2D eigenvalue weighted by atomic mass is 10.4. The smallest absolute Gasteiger partial charge is 0.342 e. The fraction of sp³-hybridized carbons (Fsp3) is 0.667. The van der Waals surface area contributed by atoms with E-state index in [2.05, 4.69) is 9.84 Å². The average molecular weight is 241 g/mol. The fourth-order valence-corrected chi connectivity index (χ4v) is 1.46. The predicted molar refractivity (Wildman–Crippen MR) is 48.5 cm³/mol. The monoisotopic (exact) mass is 241 g/mol. The molecule has 0 saturated heterocycles. The molecule has 15 heavy (non-hydrogen) atoms. The Morgan fingerprint density at radius 2 is 1.87 bits per heavy atom. The minimum atomic E-state index is -3.99. The molecule has 0 aliphatic rings. The van der Waals surface area contributed by atoms with E-state index in [0.717, 1.165) is 0 Å². The second-order valence-electron chi connectivity index (χ2n) is 2.61. The molecule has 0 aliphatic heterocycles. The highest BCUT2D eigenvalue weighted by molar-refractivity contribution is 7.52. The first-order valence-corrected chi connectivity index (χ1v) is 5.70. The van der Waals surface area contributed by atoms with Crippen LogP contribution in [0.4, 0.5) is 0 Å². The summed E-state index contributed by atoms with van der Waals surface area (Å²) in [6, 6.07) is 0. The molecule has 0 bridgehead atoms. The first-order chi connectivity index (χ1) is 6.83. The molecule has 0 aromatic rings. The highest BCUT2D eigenvalue weighted by atomic mass is 31.2. The molecule has 0 saturated carbocycles. The van der Waals surface area contributed by atoms with E-state index in [4.69, 9.17) is 15.1 Å². The van der Waals surface area contributed by atoms with E-state index in [9.17, 15) is 14.2 Å². The summed E-state index contributed by atoms with van der Waals surface area (Å²) in [5.41, 5.74) is 0. The van der Waals surface area contributed by atoms with Gasteiger partial charge in [0.1, 0.15) is 0 Å². The zero-order chi connectivity index (χ0) is 11.9. The molecule has 4 N–H and O–H groups in total. The van der Waals surface area contributed by atoms with Crippen LogP contribution in [0.15, 0.2) is 0 Å². The molecule has 1 atom stereocenters. The molecule has 1 unspecified atom stereocenters. The van der Waals surface area contributed by atoms with Gasteiger partial charge >= 0.3 is 19.5 Å². The zero-order valence-corrected chi connectivity index (χ0v) is 8.64. The van der Waals surface area contributed by atoms with Crippen molar-refractivity contribution < 1.29 is 33.8 Å². The maximum Gasteiger partial charge on any atom is 0.342 e. The van der Waals surface area contributed by atoms with Crippen LogP contribution in [0.1, 0.15) is 6.42 Å². The lowest BCUT2D eigenvalue weighted by Gasteiger charge is -2.10. The Kier molecular flexibility index (Phi) is 6.11. The maximum atomic E-state index is 11.0. The molecule has 0 radical (unpaired) electrons. The molecule has 0 aromatic heterocycles. The predicted octanol–water partition coefficient (Wildman–Crippen LogP) is -0.705. The summed E-state index contributed by atoms with van der Waals surface area (Å²) in [4.78, 5) is 29.1. The molecular formula is C6H12NO7P.